The van der Waals surface area contributed by atoms with Crippen molar-refractivity contribution in [2.75, 3.05) is 6.61 Å². The van der Waals surface area contributed by atoms with Gasteiger partial charge in [0, 0.05) is 5.56 Å². The van der Waals surface area contributed by atoms with Gasteiger partial charge < -0.3 is 9.84 Å². The number of carbonyl (C=O) groups is 2. The summed E-state index contributed by atoms with van der Waals surface area (Å²) in [5.41, 5.74) is 0.622. The van der Waals surface area contributed by atoms with Crippen molar-refractivity contribution >= 4 is 11.8 Å². The van der Waals surface area contributed by atoms with Crippen molar-refractivity contribution in [2.45, 2.75) is 20.0 Å². The number of rotatable bonds is 4. The Bertz CT molecular complexity index is 396. The van der Waals surface area contributed by atoms with Gasteiger partial charge in [-0.1, -0.05) is 24.3 Å². The predicted molar refractivity (Wildman–Crippen MR) is 58.0 cm³/mol. The molecule has 0 saturated carbocycles. The van der Waals surface area contributed by atoms with E-state index < -0.39 is 17.9 Å². The first-order valence-corrected chi connectivity index (χ1v) is 5.06. The van der Waals surface area contributed by atoms with E-state index >= 15 is 0 Å². The van der Waals surface area contributed by atoms with Crippen LogP contribution in [0.2, 0.25) is 0 Å². The van der Waals surface area contributed by atoms with Crippen LogP contribution < -0.4 is 0 Å². The summed E-state index contributed by atoms with van der Waals surface area (Å²) in [6.45, 7) is 3.32. The van der Waals surface area contributed by atoms with Crippen LogP contribution in [0.4, 0.5) is 0 Å². The Morgan fingerprint density at radius 1 is 1.38 bits per heavy atom. The number of benzene rings is 1. The number of carbonyl (C=O) groups excluding carboxylic acids is 2. The van der Waals surface area contributed by atoms with Crippen LogP contribution in [0, 0.1) is 0 Å². The third kappa shape index (κ3) is 2.67. The Kier molecular flexibility index (Phi) is 4.19. The van der Waals surface area contributed by atoms with E-state index in [0.717, 1.165) is 0 Å². The van der Waals surface area contributed by atoms with Gasteiger partial charge in [-0.25, -0.2) is 4.79 Å². The molecular formula is C12H14O4. The van der Waals surface area contributed by atoms with Gasteiger partial charge in [-0.15, -0.1) is 0 Å². The van der Waals surface area contributed by atoms with Crippen LogP contribution in [-0.4, -0.2) is 23.5 Å². The molecule has 0 bridgehead atoms. The molecule has 0 spiro atoms. The van der Waals surface area contributed by atoms with Gasteiger partial charge >= 0.3 is 5.97 Å². The van der Waals surface area contributed by atoms with Crippen LogP contribution in [0.1, 0.15) is 35.9 Å². The lowest BCUT2D eigenvalue weighted by molar-refractivity contribution is -0.137. The zero-order chi connectivity index (χ0) is 12.1. The maximum absolute atomic E-state index is 11.7. The average molecular weight is 222 g/mol. The third-order valence-electron chi connectivity index (χ3n) is 2.12. The molecule has 4 nitrogen and oxygen atoms in total. The lowest BCUT2D eigenvalue weighted by atomic mass is 10.00. The number of hydrogen-bond donors (Lipinski definition) is 1. The largest absolute Gasteiger partial charge is 0.460 e. The van der Waals surface area contributed by atoms with Crippen molar-refractivity contribution in [3.05, 3.63) is 35.4 Å². The van der Waals surface area contributed by atoms with Crippen molar-refractivity contribution in [2.24, 2.45) is 0 Å². The molecule has 16 heavy (non-hydrogen) atoms. The summed E-state index contributed by atoms with van der Waals surface area (Å²) in [7, 11) is 0. The third-order valence-corrected chi connectivity index (χ3v) is 2.12. The molecule has 0 aliphatic heterocycles. The molecule has 0 radical (unpaired) electrons. The fourth-order valence-corrected chi connectivity index (χ4v) is 1.37. The maximum atomic E-state index is 11.7. The monoisotopic (exact) mass is 222 g/mol. The Morgan fingerprint density at radius 3 is 2.56 bits per heavy atom. The van der Waals surface area contributed by atoms with E-state index in [1.807, 2.05) is 0 Å². The summed E-state index contributed by atoms with van der Waals surface area (Å²) < 4.78 is 4.62. The first-order valence-electron chi connectivity index (χ1n) is 5.06. The van der Waals surface area contributed by atoms with Crippen molar-refractivity contribution < 1.29 is 19.4 Å². The molecule has 0 heterocycles. The Balaban J connectivity index is 3.03. The van der Waals surface area contributed by atoms with Crippen LogP contribution in [0.15, 0.2) is 24.3 Å². The quantitative estimate of drug-likeness (QED) is 0.476. The molecule has 0 aliphatic rings. The second kappa shape index (κ2) is 5.42. The fraction of sp³-hybridized carbons (Fsp3) is 0.333. The summed E-state index contributed by atoms with van der Waals surface area (Å²) in [6, 6.07) is 6.45. The summed E-state index contributed by atoms with van der Waals surface area (Å²) in [6.07, 6.45) is -0.797. The number of ether oxygens (including phenoxy) is 1. The molecule has 1 atom stereocenters. The highest BCUT2D eigenvalue weighted by molar-refractivity contribution is 6.41. The van der Waals surface area contributed by atoms with Gasteiger partial charge in [0.15, 0.2) is 0 Å². The molecule has 1 N–H and O–H groups in total. The average Bonchev–Trinajstić information content (AvgIpc) is 2.28. The standard InChI is InChI=1S/C12H14O4/c1-3-16-12(15)11(14)10-7-5-4-6-9(10)8(2)13/h4-8,13H,3H2,1-2H3. The number of Topliss-reactive ketones (excluding diaryl/α,β-unsaturated/α-hetero) is 1. The molecule has 0 amide bonds. The van der Waals surface area contributed by atoms with Crippen molar-refractivity contribution in [1.82, 2.24) is 0 Å². The van der Waals surface area contributed by atoms with E-state index in [9.17, 15) is 14.7 Å². The molecule has 86 valence electrons. The molecule has 0 aromatic heterocycles. The highest BCUT2D eigenvalue weighted by atomic mass is 16.5. The van der Waals surface area contributed by atoms with E-state index in [-0.39, 0.29) is 12.2 Å². The maximum Gasteiger partial charge on any atom is 0.379 e. The van der Waals surface area contributed by atoms with Gasteiger partial charge in [0.05, 0.1) is 12.7 Å². The topological polar surface area (TPSA) is 63.6 Å². The Labute approximate surface area is 93.9 Å². The first-order chi connectivity index (χ1) is 7.57. The number of aliphatic hydroxyl groups excluding tert-OH is 1. The van der Waals surface area contributed by atoms with Crippen molar-refractivity contribution in [1.29, 1.82) is 0 Å². The minimum atomic E-state index is -0.893. The molecule has 0 fully saturated rings. The van der Waals surface area contributed by atoms with Crippen LogP contribution in [0.3, 0.4) is 0 Å². The second-order valence-corrected chi connectivity index (χ2v) is 3.31. The minimum Gasteiger partial charge on any atom is -0.460 e. The van der Waals surface area contributed by atoms with Crippen LogP contribution in [0.5, 0.6) is 0 Å². The smallest absolute Gasteiger partial charge is 0.379 e. The van der Waals surface area contributed by atoms with Gasteiger partial charge in [-0.3, -0.25) is 4.79 Å². The van der Waals surface area contributed by atoms with E-state index in [4.69, 9.17) is 0 Å². The Hall–Kier alpha value is -1.68. The lowest BCUT2D eigenvalue weighted by Crippen LogP contribution is -2.19. The fourth-order valence-electron chi connectivity index (χ4n) is 1.37. The predicted octanol–water partition coefficient (Wildman–Crippen LogP) is 1.49. The van der Waals surface area contributed by atoms with Gasteiger partial charge in [-0.05, 0) is 19.4 Å². The lowest BCUT2D eigenvalue weighted by Gasteiger charge is -2.09. The van der Waals surface area contributed by atoms with Crippen LogP contribution in [0.25, 0.3) is 0 Å². The Morgan fingerprint density at radius 2 is 2.00 bits per heavy atom. The molecular weight excluding hydrogens is 208 g/mol. The molecule has 0 saturated heterocycles. The van der Waals surface area contributed by atoms with Crippen molar-refractivity contribution in [3.8, 4) is 0 Å². The minimum absolute atomic E-state index is 0.154. The molecule has 1 rings (SSSR count). The van der Waals surface area contributed by atoms with Crippen LogP contribution in [-0.2, 0) is 9.53 Å². The van der Waals surface area contributed by atoms with Gasteiger partial charge in [0.2, 0.25) is 0 Å². The summed E-state index contributed by atoms with van der Waals surface area (Å²) in [5.74, 6) is -1.62. The number of hydrogen-bond acceptors (Lipinski definition) is 4. The highest BCUT2D eigenvalue weighted by Gasteiger charge is 2.21. The van der Waals surface area contributed by atoms with Crippen LogP contribution >= 0.6 is 0 Å². The molecule has 1 unspecified atom stereocenters. The number of aliphatic hydroxyl groups is 1. The SMILES string of the molecule is CCOC(=O)C(=O)c1ccccc1C(C)O. The van der Waals surface area contributed by atoms with E-state index in [1.54, 1.807) is 25.1 Å². The zero-order valence-corrected chi connectivity index (χ0v) is 9.27. The van der Waals surface area contributed by atoms with Gasteiger partial charge in [0.25, 0.3) is 5.78 Å². The summed E-state index contributed by atoms with van der Waals surface area (Å²) in [4.78, 5) is 22.9. The normalized spacial score (nSPS) is 11.9. The van der Waals surface area contributed by atoms with E-state index in [2.05, 4.69) is 4.74 Å². The summed E-state index contributed by atoms with van der Waals surface area (Å²) >= 11 is 0. The second-order valence-electron chi connectivity index (χ2n) is 3.31. The highest BCUT2D eigenvalue weighted by Crippen LogP contribution is 2.18. The molecule has 0 aliphatic carbocycles. The molecule has 1 aromatic carbocycles. The van der Waals surface area contributed by atoms with E-state index in [0.29, 0.717) is 5.56 Å². The van der Waals surface area contributed by atoms with Gasteiger partial charge in [-0.2, -0.15) is 0 Å². The molecule has 4 heteroatoms. The molecule has 1 aromatic rings. The van der Waals surface area contributed by atoms with Gasteiger partial charge in [0.1, 0.15) is 0 Å². The zero-order valence-electron chi connectivity index (χ0n) is 9.27. The van der Waals surface area contributed by atoms with E-state index in [1.165, 1.54) is 13.0 Å². The number of esters is 1. The first kappa shape index (κ1) is 12.4. The summed E-state index contributed by atoms with van der Waals surface area (Å²) in [5, 5.41) is 9.46. The van der Waals surface area contributed by atoms with Crippen molar-refractivity contribution in [3.63, 3.8) is 0 Å². The number of ketones is 1.